The normalized spacial score (nSPS) is 11.0. The number of anilines is 1. The number of hydrogen-bond acceptors (Lipinski definition) is 6. The van der Waals surface area contributed by atoms with Gasteiger partial charge in [0.25, 0.3) is 5.91 Å². The fourth-order valence-corrected chi connectivity index (χ4v) is 2.83. The lowest BCUT2D eigenvalue weighted by Gasteiger charge is -2.09. The lowest BCUT2D eigenvalue weighted by molar-refractivity contribution is 0.0988. The van der Waals surface area contributed by atoms with Crippen LogP contribution in [0.5, 0.6) is 5.75 Å². The van der Waals surface area contributed by atoms with E-state index in [9.17, 15) is 14.7 Å². The number of phenols is 1. The molecule has 3 aromatic rings. The number of amides is 2. The first-order chi connectivity index (χ1) is 12.3. The van der Waals surface area contributed by atoms with Gasteiger partial charge in [0.1, 0.15) is 11.3 Å². The second kappa shape index (κ2) is 6.51. The molecule has 136 valence electrons. The highest BCUT2D eigenvalue weighted by atomic mass is 16.4. The average Bonchev–Trinajstić information content (AvgIpc) is 3.07. The van der Waals surface area contributed by atoms with E-state index in [4.69, 9.17) is 10.2 Å². The zero-order chi connectivity index (χ0) is 19.0. The smallest absolute Gasteiger partial charge is 0.295 e. The summed E-state index contributed by atoms with van der Waals surface area (Å²) in [6, 6.07) is 2.76. The number of nitrogens with two attached hydrogens (primary N) is 1. The van der Waals surface area contributed by atoms with E-state index < -0.39 is 11.8 Å². The number of fused-ring (bicyclic) bond motifs is 1. The molecule has 0 aliphatic carbocycles. The van der Waals surface area contributed by atoms with Gasteiger partial charge in [-0.2, -0.15) is 0 Å². The number of nitrogens with one attached hydrogen (secondary N) is 1. The lowest BCUT2D eigenvalue weighted by atomic mass is 10.1. The third-order valence-corrected chi connectivity index (χ3v) is 3.89. The van der Waals surface area contributed by atoms with Crippen molar-refractivity contribution in [1.29, 1.82) is 0 Å². The van der Waals surface area contributed by atoms with Crippen LogP contribution in [-0.4, -0.2) is 31.5 Å². The molecule has 0 saturated carbocycles. The summed E-state index contributed by atoms with van der Waals surface area (Å²) in [5, 5.41) is 13.0. The Morgan fingerprint density at radius 1 is 1.31 bits per heavy atom. The van der Waals surface area contributed by atoms with Gasteiger partial charge in [0.2, 0.25) is 17.6 Å². The van der Waals surface area contributed by atoms with Crippen molar-refractivity contribution in [3.05, 3.63) is 35.0 Å². The maximum absolute atomic E-state index is 12.5. The molecule has 2 aromatic heterocycles. The molecule has 1 aromatic carbocycles. The highest BCUT2D eigenvalue weighted by molar-refractivity contribution is 6.04. The molecule has 0 unspecified atom stereocenters. The zero-order valence-corrected chi connectivity index (χ0v) is 14.7. The summed E-state index contributed by atoms with van der Waals surface area (Å²) in [6.07, 6.45) is 0.742. The van der Waals surface area contributed by atoms with E-state index in [-0.39, 0.29) is 23.0 Å². The van der Waals surface area contributed by atoms with Crippen molar-refractivity contribution in [2.75, 3.05) is 5.32 Å². The number of carbonyl (C=O) groups is 2. The minimum absolute atomic E-state index is 0.0969. The Hall–Kier alpha value is -3.36. The van der Waals surface area contributed by atoms with Gasteiger partial charge in [-0.15, -0.1) is 0 Å². The van der Waals surface area contributed by atoms with E-state index in [0.29, 0.717) is 29.2 Å². The summed E-state index contributed by atoms with van der Waals surface area (Å²) in [5.41, 5.74) is 6.65. The number of hydrogen-bond donors (Lipinski definition) is 3. The number of phenolic OH excluding ortho intramolecular Hbond substituents is 1. The molecule has 9 heteroatoms. The number of aromatic nitrogens is 3. The molecule has 9 nitrogen and oxygen atoms in total. The van der Waals surface area contributed by atoms with Gasteiger partial charge in [-0.25, -0.2) is 9.97 Å². The van der Waals surface area contributed by atoms with Crippen molar-refractivity contribution in [2.24, 2.45) is 5.73 Å². The summed E-state index contributed by atoms with van der Waals surface area (Å²) in [4.78, 5) is 32.3. The van der Waals surface area contributed by atoms with Crippen LogP contribution in [0.1, 0.15) is 45.8 Å². The molecule has 0 saturated heterocycles. The van der Waals surface area contributed by atoms with Crippen molar-refractivity contribution in [1.82, 2.24) is 14.5 Å². The molecule has 4 N–H and O–H groups in total. The number of carbonyl (C=O) groups excluding carboxylic acids is 2. The maximum atomic E-state index is 12.5. The summed E-state index contributed by atoms with van der Waals surface area (Å²) in [6.45, 7) is 5.78. The first-order valence-corrected chi connectivity index (χ1v) is 8.10. The molecular formula is C17H19N5O4. The summed E-state index contributed by atoms with van der Waals surface area (Å²) < 4.78 is 7.00. The number of benzene rings is 1. The van der Waals surface area contributed by atoms with E-state index >= 15 is 0 Å². The van der Waals surface area contributed by atoms with E-state index in [1.807, 2.05) is 6.92 Å². The van der Waals surface area contributed by atoms with Gasteiger partial charge in [0.05, 0.1) is 11.2 Å². The molecule has 0 aliphatic rings. The fourth-order valence-electron chi connectivity index (χ4n) is 2.83. The zero-order valence-electron chi connectivity index (χ0n) is 14.7. The van der Waals surface area contributed by atoms with Gasteiger partial charge in [0, 0.05) is 19.0 Å². The number of aryl methyl sites for hydroxylation is 3. The minimum atomic E-state index is -0.675. The molecule has 0 spiro atoms. The third kappa shape index (κ3) is 2.99. The molecule has 0 atom stereocenters. The van der Waals surface area contributed by atoms with Crippen molar-refractivity contribution in [3.8, 4) is 5.75 Å². The molecule has 26 heavy (non-hydrogen) atoms. The Labute approximate surface area is 148 Å². The largest absolute Gasteiger partial charge is 0.506 e. The van der Waals surface area contributed by atoms with Crippen molar-refractivity contribution in [2.45, 2.75) is 33.7 Å². The lowest BCUT2D eigenvalue weighted by Crippen LogP contribution is -2.16. The number of rotatable bonds is 5. The summed E-state index contributed by atoms with van der Waals surface area (Å²) in [5.74, 6) is -0.587. The van der Waals surface area contributed by atoms with Crippen molar-refractivity contribution >= 4 is 28.8 Å². The quantitative estimate of drug-likeness (QED) is 0.640. The fraction of sp³-hybridized carbons (Fsp3) is 0.294. The van der Waals surface area contributed by atoms with Gasteiger partial charge in [-0.3, -0.25) is 14.9 Å². The first-order valence-electron chi connectivity index (χ1n) is 8.10. The molecular weight excluding hydrogens is 338 g/mol. The van der Waals surface area contributed by atoms with E-state index in [0.717, 1.165) is 6.42 Å². The van der Waals surface area contributed by atoms with Crippen LogP contribution < -0.4 is 11.1 Å². The van der Waals surface area contributed by atoms with Gasteiger partial charge in [-0.1, -0.05) is 6.92 Å². The molecule has 0 aliphatic heterocycles. The van der Waals surface area contributed by atoms with Crippen LogP contribution in [0.4, 0.5) is 5.95 Å². The van der Waals surface area contributed by atoms with Crippen LogP contribution in [0, 0.1) is 13.8 Å². The second-order valence-corrected chi connectivity index (χ2v) is 5.92. The topological polar surface area (TPSA) is 136 Å². The van der Waals surface area contributed by atoms with Crippen LogP contribution in [0.25, 0.3) is 11.0 Å². The van der Waals surface area contributed by atoms with E-state index in [1.54, 1.807) is 18.4 Å². The highest BCUT2D eigenvalue weighted by Gasteiger charge is 2.21. The van der Waals surface area contributed by atoms with Crippen molar-refractivity contribution in [3.63, 3.8) is 0 Å². The SMILES string of the molecule is CCCn1c(NC(=O)c2oc(C)nc2C)nc2cc(C(N)=O)cc(O)c21. The van der Waals surface area contributed by atoms with Gasteiger partial charge in [-0.05, 0) is 25.5 Å². The predicted octanol–water partition coefficient (Wildman–Crippen LogP) is 2.11. The average molecular weight is 357 g/mol. The predicted molar refractivity (Wildman–Crippen MR) is 94.1 cm³/mol. The molecule has 0 fully saturated rings. The number of aromatic hydroxyl groups is 1. The van der Waals surface area contributed by atoms with Crippen molar-refractivity contribution < 1.29 is 19.1 Å². The molecule has 3 rings (SSSR count). The Balaban J connectivity index is 2.08. The summed E-state index contributed by atoms with van der Waals surface area (Å²) >= 11 is 0. The molecule has 2 heterocycles. The number of imidazole rings is 1. The Morgan fingerprint density at radius 2 is 2.04 bits per heavy atom. The van der Waals surface area contributed by atoms with Crippen LogP contribution in [0.3, 0.4) is 0 Å². The van der Waals surface area contributed by atoms with Crippen LogP contribution in [0.15, 0.2) is 16.5 Å². The van der Waals surface area contributed by atoms with E-state index in [2.05, 4.69) is 15.3 Å². The Bertz CT molecular complexity index is 1020. The maximum Gasteiger partial charge on any atom is 0.295 e. The third-order valence-electron chi connectivity index (χ3n) is 3.89. The molecule has 0 bridgehead atoms. The monoisotopic (exact) mass is 357 g/mol. The Kier molecular flexibility index (Phi) is 4.37. The first kappa shape index (κ1) is 17.5. The summed E-state index contributed by atoms with van der Waals surface area (Å²) in [7, 11) is 0. The van der Waals surface area contributed by atoms with Crippen LogP contribution in [0.2, 0.25) is 0 Å². The standard InChI is InChI=1S/C17H19N5O4/c1-4-5-22-13-11(6-10(15(18)24)7-12(13)23)20-17(22)21-16(25)14-8(2)19-9(3)26-14/h6-7,23H,4-5H2,1-3H3,(H2,18,24)(H,20,21,25). The molecule has 2 amide bonds. The second-order valence-electron chi connectivity index (χ2n) is 5.92. The molecule has 0 radical (unpaired) electrons. The van der Waals surface area contributed by atoms with Gasteiger partial charge in [0.15, 0.2) is 5.89 Å². The van der Waals surface area contributed by atoms with Crippen LogP contribution in [-0.2, 0) is 6.54 Å². The minimum Gasteiger partial charge on any atom is -0.506 e. The number of primary amides is 1. The van der Waals surface area contributed by atoms with E-state index in [1.165, 1.54) is 12.1 Å². The van der Waals surface area contributed by atoms with Gasteiger partial charge < -0.3 is 19.8 Å². The Morgan fingerprint density at radius 3 is 2.62 bits per heavy atom. The van der Waals surface area contributed by atoms with Gasteiger partial charge >= 0.3 is 0 Å². The number of oxazole rings is 1. The van der Waals surface area contributed by atoms with Crippen LogP contribution >= 0.6 is 0 Å². The highest BCUT2D eigenvalue weighted by Crippen LogP contribution is 2.30. The number of nitrogens with zero attached hydrogens (tertiary/aromatic N) is 3.